The van der Waals surface area contributed by atoms with Crippen LogP contribution >= 0.6 is 11.6 Å². The molecular formula is C20H23ClN2O4. The fourth-order valence-corrected chi connectivity index (χ4v) is 3.36. The number of anilines is 1. The summed E-state index contributed by atoms with van der Waals surface area (Å²) in [4.78, 5) is 12.0. The van der Waals surface area contributed by atoms with E-state index in [9.17, 15) is 4.79 Å². The summed E-state index contributed by atoms with van der Waals surface area (Å²) in [6.45, 7) is 2.66. The number of benzene rings is 2. The smallest absolute Gasteiger partial charge is 0.252 e. The first kappa shape index (κ1) is 19.3. The number of fused-ring (bicyclic) bond motifs is 1. The van der Waals surface area contributed by atoms with Crippen LogP contribution in [-0.4, -0.2) is 37.4 Å². The largest absolute Gasteiger partial charge is 0.497 e. The molecule has 1 atom stereocenters. The second-order valence-corrected chi connectivity index (χ2v) is 6.84. The molecule has 0 fully saturated rings. The Morgan fingerprint density at radius 3 is 2.89 bits per heavy atom. The third kappa shape index (κ3) is 4.46. The Morgan fingerprint density at radius 1 is 1.37 bits per heavy atom. The van der Waals surface area contributed by atoms with E-state index in [4.69, 9.17) is 26.2 Å². The molecule has 0 saturated carbocycles. The van der Waals surface area contributed by atoms with E-state index in [-0.39, 0.29) is 25.2 Å². The molecule has 1 aliphatic rings. The van der Waals surface area contributed by atoms with E-state index in [0.717, 1.165) is 34.7 Å². The van der Waals surface area contributed by atoms with Gasteiger partial charge in [0, 0.05) is 36.3 Å². The molecule has 0 saturated heterocycles. The highest BCUT2D eigenvalue weighted by Crippen LogP contribution is 2.36. The predicted octanol–water partition coefficient (Wildman–Crippen LogP) is 3.01. The van der Waals surface area contributed by atoms with Crippen LogP contribution < -0.4 is 20.1 Å². The molecule has 0 aromatic heterocycles. The van der Waals surface area contributed by atoms with E-state index >= 15 is 0 Å². The van der Waals surface area contributed by atoms with Crippen molar-refractivity contribution in [3.8, 4) is 11.5 Å². The second kappa shape index (κ2) is 8.50. The first-order valence-electron chi connectivity index (χ1n) is 8.80. The molecule has 6 nitrogen and oxygen atoms in total. The van der Waals surface area contributed by atoms with Gasteiger partial charge in [0.1, 0.15) is 17.6 Å². The highest BCUT2D eigenvalue weighted by Gasteiger charge is 2.23. The number of ether oxygens (including phenoxy) is 2. The Morgan fingerprint density at radius 2 is 2.19 bits per heavy atom. The summed E-state index contributed by atoms with van der Waals surface area (Å²) in [5, 5.41) is 15.0. The monoisotopic (exact) mass is 390 g/mol. The van der Waals surface area contributed by atoms with Crippen LogP contribution in [0.2, 0.25) is 5.02 Å². The molecule has 1 unspecified atom stereocenters. The zero-order valence-corrected chi connectivity index (χ0v) is 16.1. The van der Waals surface area contributed by atoms with Gasteiger partial charge in [-0.2, -0.15) is 0 Å². The average Bonchev–Trinajstić information content (AvgIpc) is 3.04. The van der Waals surface area contributed by atoms with Crippen LogP contribution in [-0.2, 0) is 13.0 Å². The molecule has 2 aromatic carbocycles. The van der Waals surface area contributed by atoms with Crippen LogP contribution in [0, 0.1) is 0 Å². The molecule has 1 aliphatic heterocycles. The van der Waals surface area contributed by atoms with Gasteiger partial charge < -0.3 is 25.2 Å². The minimum atomic E-state index is -0.311. The van der Waals surface area contributed by atoms with E-state index in [1.165, 1.54) is 0 Å². The molecule has 1 heterocycles. The Balaban J connectivity index is 1.73. The van der Waals surface area contributed by atoms with E-state index in [1.807, 2.05) is 19.1 Å². The van der Waals surface area contributed by atoms with Gasteiger partial charge >= 0.3 is 0 Å². The number of rotatable bonds is 7. The zero-order chi connectivity index (χ0) is 19.4. The number of hydrogen-bond acceptors (Lipinski definition) is 5. The predicted molar refractivity (Wildman–Crippen MR) is 105 cm³/mol. The van der Waals surface area contributed by atoms with Crippen molar-refractivity contribution in [3.63, 3.8) is 0 Å². The Kier molecular flexibility index (Phi) is 6.08. The molecule has 0 bridgehead atoms. The molecule has 1 amide bonds. The fraction of sp³-hybridized carbons (Fsp3) is 0.350. The lowest BCUT2D eigenvalue weighted by molar-refractivity contribution is 0.0945. The highest BCUT2D eigenvalue weighted by molar-refractivity contribution is 6.34. The molecule has 0 aliphatic carbocycles. The lowest BCUT2D eigenvalue weighted by Gasteiger charge is -2.14. The van der Waals surface area contributed by atoms with Crippen LogP contribution in [0.15, 0.2) is 30.3 Å². The van der Waals surface area contributed by atoms with Crippen LogP contribution in [0.1, 0.15) is 28.4 Å². The van der Waals surface area contributed by atoms with Gasteiger partial charge in [-0.1, -0.05) is 11.6 Å². The molecular weight excluding hydrogens is 368 g/mol. The molecule has 0 radical (unpaired) electrons. The first-order valence-corrected chi connectivity index (χ1v) is 9.18. The molecule has 2 aromatic rings. The number of aliphatic hydroxyl groups excluding tert-OH is 1. The summed E-state index contributed by atoms with van der Waals surface area (Å²) in [7, 11) is 1.65. The van der Waals surface area contributed by atoms with Crippen molar-refractivity contribution in [1.29, 1.82) is 0 Å². The van der Waals surface area contributed by atoms with Crippen LogP contribution in [0.4, 0.5) is 5.69 Å². The maximum atomic E-state index is 12.0. The molecule has 27 heavy (non-hydrogen) atoms. The summed E-state index contributed by atoms with van der Waals surface area (Å²) in [5.74, 6) is 1.40. The van der Waals surface area contributed by atoms with Gasteiger partial charge in [-0.25, -0.2) is 0 Å². The van der Waals surface area contributed by atoms with Crippen molar-refractivity contribution in [2.45, 2.75) is 26.0 Å². The maximum Gasteiger partial charge on any atom is 0.252 e. The van der Waals surface area contributed by atoms with E-state index < -0.39 is 0 Å². The maximum absolute atomic E-state index is 12.0. The van der Waals surface area contributed by atoms with Gasteiger partial charge in [-0.05, 0) is 37.3 Å². The Hall–Kier alpha value is -2.44. The summed E-state index contributed by atoms with van der Waals surface area (Å²) < 4.78 is 11.3. The van der Waals surface area contributed by atoms with Gasteiger partial charge in [0.05, 0.1) is 24.3 Å². The van der Waals surface area contributed by atoms with Crippen LogP contribution in [0.25, 0.3) is 0 Å². The molecule has 0 spiro atoms. The van der Waals surface area contributed by atoms with E-state index in [1.54, 1.807) is 25.3 Å². The minimum Gasteiger partial charge on any atom is -0.497 e. The number of aliphatic hydroxyl groups is 1. The van der Waals surface area contributed by atoms with Gasteiger partial charge in [0.2, 0.25) is 0 Å². The standard InChI is InChI=1S/C20H23ClN2O4/c1-12-7-13-8-16(26-2)9-14(19(13)27-12)11-23-15-3-4-17(18(21)10-15)20(25)22-5-6-24/h3-4,8-10,12,23-24H,5-7,11H2,1-2H3,(H,22,25). The van der Waals surface area contributed by atoms with E-state index in [2.05, 4.69) is 10.6 Å². The minimum absolute atomic E-state index is 0.117. The number of carbonyl (C=O) groups is 1. The van der Waals surface area contributed by atoms with Crippen molar-refractivity contribution >= 4 is 23.2 Å². The number of nitrogens with one attached hydrogen (secondary N) is 2. The fourth-order valence-electron chi connectivity index (χ4n) is 3.10. The SMILES string of the molecule is COc1cc(CNc2ccc(C(=O)NCCO)c(Cl)c2)c2c(c1)CC(C)O2. The van der Waals surface area contributed by atoms with E-state index in [0.29, 0.717) is 17.1 Å². The van der Waals surface area contributed by atoms with Gasteiger partial charge in [-0.3, -0.25) is 4.79 Å². The Bertz CT molecular complexity index is 841. The first-order chi connectivity index (χ1) is 13.0. The van der Waals surface area contributed by atoms with Crippen LogP contribution in [0.5, 0.6) is 11.5 Å². The lowest BCUT2D eigenvalue weighted by Crippen LogP contribution is -2.26. The molecule has 7 heteroatoms. The van der Waals surface area contributed by atoms with Crippen molar-refractivity contribution in [3.05, 3.63) is 52.0 Å². The second-order valence-electron chi connectivity index (χ2n) is 6.44. The van der Waals surface area contributed by atoms with Gasteiger partial charge in [0.25, 0.3) is 5.91 Å². The third-order valence-corrected chi connectivity index (χ3v) is 4.69. The quantitative estimate of drug-likeness (QED) is 0.677. The molecule has 144 valence electrons. The number of hydrogen-bond donors (Lipinski definition) is 3. The number of amides is 1. The lowest BCUT2D eigenvalue weighted by atomic mass is 10.1. The van der Waals surface area contributed by atoms with Gasteiger partial charge in [0.15, 0.2) is 0 Å². The molecule has 3 N–H and O–H groups in total. The summed E-state index contributed by atoms with van der Waals surface area (Å²) in [5.41, 5.74) is 3.32. The average molecular weight is 391 g/mol. The number of methoxy groups -OCH3 is 1. The van der Waals surface area contributed by atoms with Gasteiger partial charge in [-0.15, -0.1) is 0 Å². The van der Waals surface area contributed by atoms with Crippen molar-refractivity contribution in [2.75, 3.05) is 25.6 Å². The normalized spacial score (nSPS) is 15.0. The third-order valence-electron chi connectivity index (χ3n) is 4.37. The summed E-state index contributed by atoms with van der Waals surface area (Å²) in [6.07, 6.45) is 1.01. The van der Waals surface area contributed by atoms with Crippen molar-refractivity contribution < 1.29 is 19.4 Å². The van der Waals surface area contributed by atoms with Crippen LogP contribution in [0.3, 0.4) is 0 Å². The van der Waals surface area contributed by atoms with Crippen molar-refractivity contribution in [1.82, 2.24) is 5.32 Å². The molecule has 3 rings (SSSR count). The van der Waals surface area contributed by atoms with Crippen molar-refractivity contribution in [2.24, 2.45) is 0 Å². The number of carbonyl (C=O) groups excluding carboxylic acids is 1. The number of halogens is 1. The highest BCUT2D eigenvalue weighted by atomic mass is 35.5. The summed E-state index contributed by atoms with van der Waals surface area (Å²) in [6, 6.07) is 9.13. The zero-order valence-electron chi connectivity index (χ0n) is 15.3. The summed E-state index contributed by atoms with van der Waals surface area (Å²) >= 11 is 6.24. The Labute approximate surface area is 163 Å². The topological polar surface area (TPSA) is 79.8 Å².